The molecule has 1 unspecified atom stereocenters. The average molecular weight is 258 g/mol. The number of fused-ring (bicyclic) bond motifs is 1. The number of thiazole rings is 1. The molecule has 1 atom stereocenters. The Bertz CT molecular complexity index is 533. The Kier molecular flexibility index (Phi) is 3.43. The van der Waals surface area contributed by atoms with Gasteiger partial charge in [-0.25, -0.2) is 4.98 Å². The van der Waals surface area contributed by atoms with E-state index in [1.165, 1.54) is 35.4 Å². The van der Waals surface area contributed by atoms with E-state index in [1.807, 2.05) is 0 Å². The molecule has 2 aromatic rings. The first kappa shape index (κ1) is 11.9. The van der Waals surface area contributed by atoms with Crippen molar-refractivity contribution in [1.82, 2.24) is 4.98 Å². The second-order valence-electron chi connectivity index (χ2n) is 4.86. The summed E-state index contributed by atoms with van der Waals surface area (Å²) in [6.07, 6.45) is 4.61. The highest BCUT2D eigenvalue weighted by atomic mass is 32.1. The van der Waals surface area contributed by atoms with Crippen molar-refractivity contribution in [2.45, 2.75) is 31.6 Å². The number of nitrogens with two attached hydrogens (primary N) is 1. The van der Waals surface area contributed by atoms with Crippen LogP contribution in [0.1, 0.15) is 40.6 Å². The topological polar surface area (TPSA) is 38.9 Å². The van der Waals surface area contributed by atoms with E-state index in [0.29, 0.717) is 12.5 Å². The molecule has 0 spiro atoms. The fraction of sp³-hybridized carbons (Fsp3) is 0.400. The van der Waals surface area contributed by atoms with Crippen molar-refractivity contribution >= 4 is 11.3 Å². The largest absolute Gasteiger partial charge is 0.330 e. The summed E-state index contributed by atoms with van der Waals surface area (Å²) in [5, 5.41) is 3.44. The molecule has 2 nitrogen and oxygen atoms in total. The Hall–Kier alpha value is -1.19. The van der Waals surface area contributed by atoms with Crippen LogP contribution in [0.25, 0.3) is 0 Å². The maximum atomic E-state index is 5.59. The van der Waals surface area contributed by atoms with E-state index >= 15 is 0 Å². The minimum Gasteiger partial charge on any atom is -0.330 e. The van der Waals surface area contributed by atoms with E-state index in [9.17, 15) is 0 Å². The zero-order chi connectivity index (χ0) is 12.4. The van der Waals surface area contributed by atoms with Crippen LogP contribution in [0.5, 0.6) is 0 Å². The van der Waals surface area contributed by atoms with E-state index in [-0.39, 0.29) is 0 Å². The summed E-state index contributed by atoms with van der Waals surface area (Å²) in [4.78, 5) is 4.76. The van der Waals surface area contributed by atoms with Gasteiger partial charge in [0.25, 0.3) is 0 Å². The Morgan fingerprint density at radius 3 is 3.11 bits per heavy atom. The zero-order valence-corrected chi connectivity index (χ0v) is 11.2. The third-order valence-electron chi connectivity index (χ3n) is 3.64. The Labute approximate surface area is 112 Å². The summed E-state index contributed by atoms with van der Waals surface area (Å²) >= 11 is 1.79. The summed E-state index contributed by atoms with van der Waals surface area (Å²) in [6, 6.07) is 8.81. The number of benzene rings is 1. The van der Waals surface area contributed by atoms with E-state index in [2.05, 4.69) is 29.6 Å². The van der Waals surface area contributed by atoms with Crippen LogP contribution < -0.4 is 5.73 Å². The van der Waals surface area contributed by atoms with Crippen LogP contribution in [0.3, 0.4) is 0 Å². The molecule has 1 aromatic heterocycles. The lowest BCUT2D eigenvalue weighted by Gasteiger charge is -2.23. The van der Waals surface area contributed by atoms with Gasteiger partial charge in [0.05, 0.1) is 5.69 Å². The summed E-state index contributed by atoms with van der Waals surface area (Å²) < 4.78 is 0. The van der Waals surface area contributed by atoms with Gasteiger partial charge in [0.2, 0.25) is 0 Å². The van der Waals surface area contributed by atoms with Gasteiger partial charge in [0, 0.05) is 17.7 Å². The lowest BCUT2D eigenvalue weighted by atomic mass is 9.83. The van der Waals surface area contributed by atoms with Gasteiger partial charge in [-0.05, 0) is 36.9 Å². The van der Waals surface area contributed by atoms with Gasteiger partial charge in [0.15, 0.2) is 0 Å². The van der Waals surface area contributed by atoms with Crippen LogP contribution in [0.4, 0.5) is 0 Å². The van der Waals surface area contributed by atoms with Crippen LogP contribution in [-0.4, -0.2) is 11.5 Å². The highest BCUT2D eigenvalue weighted by molar-refractivity contribution is 7.09. The molecule has 3 heteroatoms. The van der Waals surface area contributed by atoms with Crippen molar-refractivity contribution < 1.29 is 0 Å². The van der Waals surface area contributed by atoms with Crippen LogP contribution in [0.15, 0.2) is 29.6 Å². The third kappa shape index (κ3) is 2.20. The monoisotopic (exact) mass is 258 g/mol. The molecule has 0 bridgehead atoms. The molecule has 0 fully saturated rings. The Morgan fingerprint density at radius 1 is 1.33 bits per heavy atom. The van der Waals surface area contributed by atoms with Crippen LogP contribution >= 0.6 is 11.3 Å². The number of aryl methyl sites for hydroxylation is 1. The number of rotatable bonds is 3. The van der Waals surface area contributed by atoms with E-state index in [4.69, 9.17) is 10.7 Å². The maximum Gasteiger partial charge on any atom is 0.100 e. The third-order valence-corrected chi connectivity index (χ3v) is 4.64. The van der Waals surface area contributed by atoms with Crippen molar-refractivity contribution in [2.75, 3.05) is 6.54 Å². The highest BCUT2D eigenvalue weighted by Crippen LogP contribution is 2.37. The Morgan fingerprint density at radius 2 is 2.22 bits per heavy atom. The first-order valence-corrected chi connectivity index (χ1v) is 7.48. The molecule has 0 aliphatic heterocycles. The summed E-state index contributed by atoms with van der Waals surface area (Å²) in [5.74, 6) is 0.506. The normalized spacial score (nSPS) is 18.6. The smallest absolute Gasteiger partial charge is 0.100 e. The molecule has 1 aliphatic rings. The molecule has 2 N–H and O–H groups in total. The van der Waals surface area contributed by atoms with Gasteiger partial charge in [-0.2, -0.15) is 0 Å². The van der Waals surface area contributed by atoms with Gasteiger partial charge >= 0.3 is 0 Å². The maximum absolute atomic E-state index is 5.59. The fourth-order valence-electron chi connectivity index (χ4n) is 2.76. The molecule has 18 heavy (non-hydrogen) atoms. The van der Waals surface area contributed by atoms with Crippen molar-refractivity contribution in [3.63, 3.8) is 0 Å². The summed E-state index contributed by atoms with van der Waals surface area (Å²) in [5.41, 5.74) is 9.73. The minimum absolute atomic E-state index is 0.506. The van der Waals surface area contributed by atoms with E-state index in [0.717, 1.165) is 12.1 Å². The van der Waals surface area contributed by atoms with Crippen LogP contribution in [0.2, 0.25) is 0 Å². The van der Waals surface area contributed by atoms with E-state index < -0.39 is 0 Å². The second kappa shape index (κ2) is 5.21. The van der Waals surface area contributed by atoms with Gasteiger partial charge in [-0.1, -0.05) is 24.3 Å². The van der Waals surface area contributed by atoms with Crippen molar-refractivity contribution in [1.29, 1.82) is 0 Å². The standard InChI is InChI=1S/C15H18N2S/c16-9-8-12-10-18-15(17-12)14-7-3-5-11-4-1-2-6-13(11)14/h1-2,4,6,10,14H,3,5,7-9,16H2. The molecular formula is C15H18N2S. The first-order valence-electron chi connectivity index (χ1n) is 6.60. The minimum atomic E-state index is 0.506. The van der Waals surface area contributed by atoms with Crippen molar-refractivity contribution in [3.05, 3.63) is 51.5 Å². The average Bonchev–Trinajstić information content (AvgIpc) is 2.87. The zero-order valence-electron chi connectivity index (χ0n) is 10.4. The predicted octanol–water partition coefficient (Wildman–Crippen LogP) is 3.11. The van der Waals surface area contributed by atoms with Crippen molar-refractivity contribution in [2.24, 2.45) is 5.73 Å². The quantitative estimate of drug-likeness (QED) is 0.918. The lowest BCUT2D eigenvalue weighted by molar-refractivity contribution is 0.612. The molecule has 1 aliphatic carbocycles. The molecular weight excluding hydrogens is 240 g/mol. The van der Waals surface area contributed by atoms with Gasteiger partial charge in [-0.3, -0.25) is 0 Å². The SMILES string of the molecule is NCCc1csc(C2CCCc3ccccc32)n1. The molecule has 0 amide bonds. The lowest BCUT2D eigenvalue weighted by Crippen LogP contribution is -2.11. The fourth-order valence-corrected chi connectivity index (χ4v) is 3.76. The number of hydrogen-bond acceptors (Lipinski definition) is 3. The molecule has 0 saturated carbocycles. The molecule has 1 aromatic carbocycles. The van der Waals surface area contributed by atoms with Crippen LogP contribution in [0, 0.1) is 0 Å². The van der Waals surface area contributed by atoms with Crippen LogP contribution in [-0.2, 0) is 12.8 Å². The molecule has 0 saturated heterocycles. The molecule has 0 radical (unpaired) electrons. The van der Waals surface area contributed by atoms with Gasteiger partial charge in [0.1, 0.15) is 5.01 Å². The molecule has 1 heterocycles. The van der Waals surface area contributed by atoms with Gasteiger partial charge in [-0.15, -0.1) is 11.3 Å². The molecule has 94 valence electrons. The number of nitrogens with zero attached hydrogens (tertiary/aromatic N) is 1. The predicted molar refractivity (Wildman–Crippen MR) is 76.1 cm³/mol. The number of aromatic nitrogens is 1. The van der Waals surface area contributed by atoms with E-state index in [1.54, 1.807) is 11.3 Å². The first-order chi connectivity index (χ1) is 8.88. The van der Waals surface area contributed by atoms with Gasteiger partial charge < -0.3 is 5.73 Å². The summed E-state index contributed by atoms with van der Waals surface area (Å²) in [7, 11) is 0. The van der Waals surface area contributed by atoms with Crippen molar-refractivity contribution in [3.8, 4) is 0 Å². The highest BCUT2D eigenvalue weighted by Gasteiger charge is 2.23. The summed E-state index contributed by atoms with van der Waals surface area (Å²) in [6.45, 7) is 0.685. The Balaban J connectivity index is 1.92. The molecule has 3 rings (SSSR count). The second-order valence-corrected chi connectivity index (χ2v) is 5.75. The number of hydrogen-bond donors (Lipinski definition) is 1.